The first kappa shape index (κ1) is 15.6. The Hall–Kier alpha value is 0.662. The van der Waals surface area contributed by atoms with Crippen LogP contribution in [0.2, 0.25) is 17.5 Å². The van der Waals surface area contributed by atoms with Crippen LogP contribution in [-0.2, 0) is 0 Å². The molecule has 0 N–H and O–H groups in total. The first-order valence-corrected chi connectivity index (χ1v) is 9.09. The van der Waals surface area contributed by atoms with Crippen molar-refractivity contribution in [3.63, 3.8) is 0 Å². The summed E-state index contributed by atoms with van der Waals surface area (Å²) < 4.78 is 0. The molecule has 0 nitrogen and oxygen atoms in total. The Morgan fingerprint density at radius 2 is 1.45 bits per heavy atom. The summed E-state index contributed by atoms with van der Waals surface area (Å²) in [4.78, 5) is 0. The molecule has 5 aliphatic rings. The van der Waals surface area contributed by atoms with Crippen molar-refractivity contribution in [3.05, 3.63) is 0 Å². The summed E-state index contributed by atoms with van der Waals surface area (Å²) in [5, 5.41) is 0. The average molecular weight is 265 g/mol. The minimum absolute atomic E-state index is 0. The quantitative estimate of drug-likeness (QED) is 0.639. The fourth-order valence-corrected chi connectivity index (χ4v) is 7.12. The maximum absolute atomic E-state index is 2.62. The molecule has 2 saturated heterocycles. The zero-order valence-corrected chi connectivity index (χ0v) is 14.2. The van der Waals surface area contributed by atoms with Crippen molar-refractivity contribution >= 4 is 6.71 Å². The topological polar surface area (TPSA) is 0 Å². The van der Waals surface area contributed by atoms with Crippen LogP contribution in [0.4, 0.5) is 0 Å². The van der Waals surface area contributed by atoms with E-state index in [1.165, 1.54) is 0 Å². The van der Waals surface area contributed by atoms with Crippen molar-refractivity contribution in [2.24, 2.45) is 23.2 Å². The van der Waals surface area contributed by atoms with Gasteiger partial charge in [-0.25, -0.2) is 0 Å². The van der Waals surface area contributed by atoms with Gasteiger partial charge >= 0.3 is 18.9 Å². The molecule has 0 aromatic rings. The molecule has 2 aliphatic heterocycles. The summed E-state index contributed by atoms with van der Waals surface area (Å²) >= 11 is 0. The van der Waals surface area contributed by atoms with Gasteiger partial charge in [0, 0.05) is 0 Å². The molecule has 5 fully saturated rings. The predicted octanol–water partition coefficient (Wildman–Crippen LogP) is 2.67. The van der Waals surface area contributed by atoms with Gasteiger partial charge in [0.2, 0.25) is 0 Å². The summed E-state index contributed by atoms with van der Waals surface area (Å²) in [5.74, 6) is 6.50. The van der Waals surface area contributed by atoms with Crippen molar-refractivity contribution < 1.29 is 18.9 Å². The molecular weight excluding hydrogens is 234 g/mol. The molecule has 0 spiro atoms. The molecule has 0 amide bonds. The first-order chi connectivity index (χ1) is 9.09. The Morgan fingerprint density at radius 3 is 1.90 bits per heavy atom. The zero-order chi connectivity index (χ0) is 13.2. The van der Waals surface area contributed by atoms with Crippen LogP contribution in [0.1, 0.15) is 72.1 Å². The van der Waals surface area contributed by atoms with Crippen LogP contribution in [-0.4, -0.2) is 6.71 Å². The third kappa shape index (κ3) is 2.10. The van der Waals surface area contributed by atoms with Crippen LogP contribution in [0, 0.1) is 23.2 Å². The second-order valence-electron chi connectivity index (χ2n) is 9.08. The molecule has 1 radical (unpaired) electrons. The minimum Gasteiger partial charge on any atom is -0.196 e. The van der Waals surface area contributed by atoms with E-state index in [0.29, 0.717) is 5.41 Å². The van der Waals surface area contributed by atoms with Crippen LogP contribution >= 0.6 is 0 Å². The van der Waals surface area contributed by atoms with Crippen molar-refractivity contribution in [2.75, 3.05) is 0 Å². The van der Waals surface area contributed by atoms with Crippen molar-refractivity contribution in [1.29, 1.82) is 0 Å². The van der Waals surface area contributed by atoms with Gasteiger partial charge in [0.1, 0.15) is 0 Å². The molecule has 0 aromatic carbocycles. The maximum atomic E-state index is 2.62. The standard InChI is InChI=1S/C18H31B.Li/c1-12-16-10-13(18(16,2)3)11-17(12)19-14-6-4-7-15(19)9-5-8-14;/h12-17H,4-11H2,1-3H3;/q-1;+1/t12-,13+,14?,15?,16-,17-;/m0./s1. The Morgan fingerprint density at radius 1 is 0.900 bits per heavy atom. The van der Waals surface area contributed by atoms with Gasteiger partial charge in [-0.1, -0.05) is 71.6 Å². The second-order valence-corrected chi connectivity index (χ2v) is 9.08. The van der Waals surface area contributed by atoms with E-state index in [2.05, 4.69) is 20.8 Å². The number of rotatable bonds is 1. The smallest absolute Gasteiger partial charge is 0.196 e. The molecule has 20 heavy (non-hydrogen) atoms. The SMILES string of the molecule is C[C@@H]1[C@@H]([B-]2C3CCCC2CCC3)C[C@H]2C[C@@H]1C2(C)C.[Li+]. The normalized spacial score (nSPS) is 50.0. The molecule has 0 aromatic heterocycles. The van der Waals surface area contributed by atoms with Gasteiger partial charge in [0.15, 0.2) is 0 Å². The van der Waals surface area contributed by atoms with E-state index in [0.717, 1.165) is 41.9 Å². The van der Waals surface area contributed by atoms with Crippen LogP contribution in [0.3, 0.4) is 0 Å². The number of hydrogen-bond donors (Lipinski definition) is 0. The maximum Gasteiger partial charge on any atom is 1.00 e. The van der Waals surface area contributed by atoms with Gasteiger partial charge in [0.05, 0.1) is 0 Å². The molecule has 3 saturated carbocycles. The number of hydrogen-bond acceptors (Lipinski definition) is 0. The summed E-state index contributed by atoms with van der Waals surface area (Å²) in [7, 11) is 0. The molecular formula is C18H31BLi. The van der Waals surface area contributed by atoms with Crippen LogP contribution < -0.4 is 18.9 Å². The zero-order valence-electron chi connectivity index (χ0n) is 14.2. The third-order valence-electron chi connectivity index (χ3n) is 8.30. The van der Waals surface area contributed by atoms with E-state index < -0.39 is 0 Å². The molecule has 5 rings (SSSR count). The summed E-state index contributed by atoms with van der Waals surface area (Å²) in [6, 6.07) is 0. The van der Waals surface area contributed by atoms with Gasteiger partial charge in [-0.2, -0.15) is 17.5 Å². The Balaban J connectivity index is 0.00000121. The van der Waals surface area contributed by atoms with Gasteiger partial charge in [0.25, 0.3) is 0 Å². The summed E-state index contributed by atoms with van der Waals surface area (Å²) in [6.45, 7) is 8.87. The van der Waals surface area contributed by atoms with E-state index in [9.17, 15) is 0 Å². The monoisotopic (exact) mass is 265 g/mol. The van der Waals surface area contributed by atoms with E-state index in [1.807, 2.05) is 0 Å². The molecule has 3 aliphatic carbocycles. The Labute approximate surface area is 138 Å². The van der Waals surface area contributed by atoms with Crippen molar-refractivity contribution in [2.45, 2.75) is 89.6 Å². The van der Waals surface area contributed by atoms with Crippen LogP contribution in [0.15, 0.2) is 0 Å². The average Bonchev–Trinajstić information content (AvgIpc) is 2.37. The minimum atomic E-state index is 0. The molecule has 107 valence electrons. The van der Waals surface area contributed by atoms with Crippen molar-refractivity contribution in [3.8, 4) is 0 Å². The van der Waals surface area contributed by atoms with E-state index in [4.69, 9.17) is 0 Å². The van der Waals surface area contributed by atoms with Crippen molar-refractivity contribution in [1.82, 2.24) is 0 Å². The van der Waals surface area contributed by atoms with Gasteiger partial charge < -0.3 is 0 Å². The molecule has 4 atom stereocenters. The Kier molecular flexibility index (Phi) is 4.19. The summed E-state index contributed by atoms with van der Waals surface area (Å²) in [6.07, 6.45) is 12.5. The van der Waals surface area contributed by atoms with Gasteiger partial charge in [-0.05, 0) is 23.7 Å². The van der Waals surface area contributed by atoms with E-state index >= 15 is 0 Å². The molecule has 2 heterocycles. The first-order valence-electron chi connectivity index (χ1n) is 9.09. The van der Waals surface area contributed by atoms with E-state index in [-0.39, 0.29) is 18.9 Å². The van der Waals surface area contributed by atoms with E-state index in [1.54, 1.807) is 51.4 Å². The fraction of sp³-hybridized carbons (Fsp3) is 1.00. The van der Waals surface area contributed by atoms with Gasteiger partial charge in [-0.3, -0.25) is 0 Å². The summed E-state index contributed by atoms with van der Waals surface area (Å²) in [5.41, 5.74) is 0.680. The molecule has 4 bridgehead atoms. The molecule has 2 heteroatoms. The largest absolute Gasteiger partial charge is 1.00 e. The van der Waals surface area contributed by atoms with Gasteiger partial charge in [-0.15, -0.1) is 6.71 Å². The van der Waals surface area contributed by atoms with Crippen LogP contribution in [0.5, 0.6) is 0 Å². The van der Waals surface area contributed by atoms with Crippen LogP contribution in [0.25, 0.3) is 0 Å². The Bertz CT molecular complexity index is 344. The third-order valence-corrected chi connectivity index (χ3v) is 8.30. The molecule has 0 unspecified atom stereocenters. The predicted molar refractivity (Wildman–Crippen MR) is 83.9 cm³/mol. The fourth-order valence-electron chi connectivity index (χ4n) is 7.12. The number of fused-ring (bicyclic) bond motifs is 5. The second kappa shape index (κ2) is 5.38.